The molecule has 0 amide bonds. The van der Waals surface area contributed by atoms with Gasteiger partial charge in [-0.1, -0.05) is 17.3 Å². The first kappa shape index (κ1) is 7.59. The summed E-state index contributed by atoms with van der Waals surface area (Å²) >= 11 is 5.85. The molecular formula is C4H5O2PS2. The van der Waals surface area contributed by atoms with Gasteiger partial charge in [-0.3, -0.25) is 0 Å². The Kier molecular flexibility index (Phi) is 2.20. The monoisotopic (exact) mass is 180 g/mol. The highest BCUT2D eigenvalue weighted by Crippen LogP contribution is 2.62. The highest BCUT2D eigenvalue weighted by atomic mass is 32.9. The molecule has 1 aliphatic rings. The number of rotatable bonds is 0. The number of terminal acetylenes is 1. The average molecular weight is 180 g/mol. The summed E-state index contributed by atoms with van der Waals surface area (Å²) in [6.07, 6.45) is 5.06. The molecule has 2 atom stereocenters. The summed E-state index contributed by atoms with van der Waals surface area (Å²) in [4.78, 5) is 9.07. The van der Waals surface area contributed by atoms with Gasteiger partial charge in [-0.05, 0) is 11.8 Å². The number of hydrogen-bond donors (Lipinski definition) is 1. The molecule has 0 aliphatic carbocycles. The van der Waals surface area contributed by atoms with E-state index in [1.54, 1.807) is 0 Å². The van der Waals surface area contributed by atoms with Crippen LogP contribution in [-0.2, 0) is 16.3 Å². The Morgan fingerprint density at radius 1 is 2.00 bits per heavy atom. The molecule has 5 heteroatoms. The highest BCUT2D eigenvalue weighted by molar-refractivity contribution is 8.68. The Hall–Kier alpha value is 0.480. The quantitative estimate of drug-likeness (QED) is 0.444. The van der Waals surface area contributed by atoms with Crippen LogP contribution in [0.5, 0.6) is 0 Å². The predicted octanol–water partition coefficient (Wildman–Crippen LogP) is 0.968. The van der Waals surface area contributed by atoms with Crippen LogP contribution in [0.15, 0.2) is 0 Å². The van der Waals surface area contributed by atoms with E-state index in [0.717, 1.165) is 0 Å². The summed E-state index contributed by atoms with van der Waals surface area (Å²) < 4.78 is 4.85. The molecule has 50 valence electrons. The third-order valence-electron chi connectivity index (χ3n) is 0.835. The van der Waals surface area contributed by atoms with E-state index in [1.165, 1.54) is 11.4 Å². The molecule has 1 aliphatic heterocycles. The summed E-state index contributed by atoms with van der Waals surface area (Å²) in [7, 11) is 0. The third kappa shape index (κ3) is 1.96. The first-order valence-electron chi connectivity index (χ1n) is 2.26. The van der Waals surface area contributed by atoms with Gasteiger partial charge >= 0.3 is 0 Å². The highest BCUT2D eigenvalue weighted by Gasteiger charge is 2.29. The van der Waals surface area contributed by atoms with Gasteiger partial charge < -0.3 is 9.42 Å². The third-order valence-corrected chi connectivity index (χ3v) is 5.07. The van der Waals surface area contributed by atoms with Gasteiger partial charge in [-0.15, -0.1) is 6.42 Å². The summed E-state index contributed by atoms with van der Waals surface area (Å²) in [5, 5.41) is -0.0409. The Labute approximate surface area is 62.9 Å². The van der Waals surface area contributed by atoms with Gasteiger partial charge in [0.25, 0.3) is 0 Å². The number of hydrogen-bond acceptors (Lipinski definition) is 3. The van der Waals surface area contributed by atoms with E-state index in [1.807, 2.05) is 0 Å². The lowest BCUT2D eigenvalue weighted by Crippen LogP contribution is -1.96. The van der Waals surface area contributed by atoms with Crippen LogP contribution >= 0.6 is 17.1 Å². The molecule has 2 unspecified atom stereocenters. The molecule has 0 aromatic heterocycles. The Bertz CT molecular complexity index is 197. The SMILES string of the molecule is C#CC1COP(O)(=S)S1. The lowest BCUT2D eigenvalue weighted by molar-refractivity contribution is 0.343. The van der Waals surface area contributed by atoms with Crippen LogP contribution in [0, 0.1) is 12.3 Å². The molecule has 2 nitrogen and oxygen atoms in total. The second-order valence-electron chi connectivity index (χ2n) is 1.53. The van der Waals surface area contributed by atoms with Gasteiger partial charge in [0.15, 0.2) is 0 Å². The van der Waals surface area contributed by atoms with Crippen LogP contribution in [-0.4, -0.2) is 16.8 Å². The molecule has 0 aromatic carbocycles. The van der Waals surface area contributed by atoms with Crippen molar-refractivity contribution in [3.05, 3.63) is 0 Å². The second kappa shape index (κ2) is 2.61. The van der Waals surface area contributed by atoms with Crippen LogP contribution < -0.4 is 0 Å². The van der Waals surface area contributed by atoms with Crippen LogP contribution in [0.1, 0.15) is 0 Å². The molecule has 0 aromatic rings. The first-order chi connectivity index (χ1) is 4.14. The molecule has 1 rings (SSSR count). The van der Waals surface area contributed by atoms with Crippen molar-refractivity contribution in [1.82, 2.24) is 0 Å². The maximum Gasteiger partial charge on any atom is 0.246 e. The Morgan fingerprint density at radius 3 is 2.89 bits per heavy atom. The van der Waals surface area contributed by atoms with Gasteiger partial charge in [0.1, 0.15) is 0 Å². The molecule has 0 radical (unpaired) electrons. The van der Waals surface area contributed by atoms with E-state index in [2.05, 4.69) is 17.7 Å². The minimum absolute atomic E-state index is 0.0409. The smallest absolute Gasteiger partial charge is 0.246 e. The molecule has 0 saturated carbocycles. The molecule has 0 spiro atoms. The maximum absolute atomic E-state index is 9.07. The molecule has 1 fully saturated rings. The van der Waals surface area contributed by atoms with Gasteiger partial charge in [0.2, 0.25) is 5.69 Å². The molecular weight excluding hydrogens is 175 g/mol. The fraction of sp³-hybridized carbons (Fsp3) is 0.500. The molecule has 1 N–H and O–H groups in total. The molecule has 1 heterocycles. The van der Waals surface area contributed by atoms with Gasteiger partial charge in [-0.25, -0.2) is 0 Å². The van der Waals surface area contributed by atoms with Crippen molar-refractivity contribution >= 4 is 28.9 Å². The van der Waals surface area contributed by atoms with Crippen molar-refractivity contribution < 1.29 is 9.42 Å². The van der Waals surface area contributed by atoms with E-state index >= 15 is 0 Å². The summed E-state index contributed by atoms with van der Waals surface area (Å²) in [6.45, 7) is 0.398. The average Bonchev–Trinajstić information content (AvgIpc) is 2.10. The lowest BCUT2D eigenvalue weighted by Gasteiger charge is -2.00. The topological polar surface area (TPSA) is 29.5 Å². The minimum Gasteiger partial charge on any atom is -0.337 e. The van der Waals surface area contributed by atoms with Crippen molar-refractivity contribution in [2.24, 2.45) is 0 Å². The summed E-state index contributed by atoms with van der Waals surface area (Å²) in [5.74, 6) is 2.46. The van der Waals surface area contributed by atoms with Crippen molar-refractivity contribution in [3.8, 4) is 12.3 Å². The molecule has 9 heavy (non-hydrogen) atoms. The molecule has 1 saturated heterocycles. The van der Waals surface area contributed by atoms with Crippen molar-refractivity contribution in [2.45, 2.75) is 5.25 Å². The van der Waals surface area contributed by atoms with Crippen LogP contribution in [0.2, 0.25) is 0 Å². The van der Waals surface area contributed by atoms with E-state index in [0.29, 0.717) is 6.61 Å². The fourth-order valence-electron chi connectivity index (χ4n) is 0.462. The van der Waals surface area contributed by atoms with Crippen LogP contribution in [0.25, 0.3) is 0 Å². The lowest BCUT2D eigenvalue weighted by atomic mass is 10.5. The van der Waals surface area contributed by atoms with E-state index in [-0.39, 0.29) is 5.25 Å². The fourth-order valence-corrected chi connectivity index (χ4v) is 4.29. The van der Waals surface area contributed by atoms with Gasteiger partial charge in [0, 0.05) is 0 Å². The van der Waals surface area contributed by atoms with Gasteiger partial charge in [-0.2, -0.15) is 0 Å². The van der Waals surface area contributed by atoms with Crippen LogP contribution in [0.3, 0.4) is 0 Å². The predicted molar refractivity (Wildman–Crippen MR) is 42.7 cm³/mol. The second-order valence-corrected chi connectivity index (χ2v) is 7.80. The largest absolute Gasteiger partial charge is 0.337 e. The maximum atomic E-state index is 9.07. The summed E-state index contributed by atoms with van der Waals surface area (Å²) in [6, 6.07) is 0. The summed E-state index contributed by atoms with van der Waals surface area (Å²) in [5.41, 5.74) is -2.51. The standard InChI is InChI=1S/C4H5O2PS2/c1-2-4-3-6-7(5,8)9-4/h1,4H,3H2,(H,5,8). The van der Waals surface area contributed by atoms with E-state index < -0.39 is 5.69 Å². The first-order valence-corrected chi connectivity index (χ1v) is 6.42. The van der Waals surface area contributed by atoms with Crippen molar-refractivity contribution in [1.29, 1.82) is 0 Å². The zero-order valence-corrected chi connectivity index (χ0v) is 7.01. The van der Waals surface area contributed by atoms with E-state index in [9.17, 15) is 0 Å². The zero-order valence-electron chi connectivity index (χ0n) is 4.48. The van der Waals surface area contributed by atoms with E-state index in [4.69, 9.17) is 15.8 Å². The Balaban J connectivity index is 2.60. The van der Waals surface area contributed by atoms with Gasteiger partial charge in [0.05, 0.1) is 11.9 Å². The van der Waals surface area contributed by atoms with Crippen molar-refractivity contribution in [3.63, 3.8) is 0 Å². The minimum atomic E-state index is -2.51. The molecule has 0 bridgehead atoms. The zero-order chi connectivity index (χ0) is 6.91. The van der Waals surface area contributed by atoms with Crippen LogP contribution in [0.4, 0.5) is 0 Å². The normalized spacial score (nSPS) is 42.4. The Morgan fingerprint density at radius 2 is 2.67 bits per heavy atom. The van der Waals surface area contributed by atoms with Crippen molar-refractivity contribution in [2.75, 3.05) is 6.61 Å².